The van der Waals surface area contributed by atoms with Crippen molar-refractivity contribution in [1.29, 1.82) is 0 Å². The molecule has 1 aliphatic heterocycles. The van der Waals surface area contributed by atoms with Crippen LogP contribution in [0.1, 0.15) is 30.8 Å². The van der Waals surface area contributed by atoms with Gasteiger partial charge >= 0.3 is 0 Å². The molecule has 2 atom stereocenters. The average molecular weight is 318 g/mol. The number of benzene rings is 1. The second-order valence-electron chi connectivity index (χ2n) is 5.63. The second kappa shape index (κ2) is 6.45. The summed E-state index contributed by atoms with van der Waals surface area (Å²) in [5, 5.41) is 7.95. The quantitative estimate of drug-likeness (QED) is 0.911. The van der Waals surface area contributed by atoms with E-state index in [4.69, 9.17) is 14.2 Å². The van der Waals surface area contributed by atoms with Crippen LogP contribution in [0.4, 0.5) is 5.95 Å². The summed E-state index contributed by atoms with van der Waals surface area (Å²) >= 11 is 0. The highest BCUT2D eigenvalue weighted by atomic mass is 16.5. The third kappa shape index (κ3) is 2.96. The summed E-state index contributed by atoms with van der Waals surface area (Å²) in [6.07, 6.45) is 0.881. The molecule has 0 bridgehead atoms. The standard InChI is InChI=1S/C16H22N4O3/c1-10-7-13(12-8-11(22-3)5-6-14(12)23-4)20-16(17-10)18-15(19-20)9-21-2/h5-6,8,10,13H,7,9H2,1-4H3,(H,17,18,19)/t10-,13+/m1/s1. The van der Waals surface area contributed by atoms with Crippen molar-refractivity contribution in [3.63, 3.8) is 0 Å². The van der Waals surface area contributed by atoms with Crippen molar-refractivity contribution in [3.8, 4) is 11.5 Å². The fourth-order valence-electron chi connectivity index (χ4n) is 2.95. The van der Waals surface area contributed by atoms with Crippen LogP contribution < -0.4 is 14.8 Å². The lowest BCUT2D eigenvalue weighted by molar-refractivity contribution is 0.177. The number of nitrogens with one attached hydrogen (secondary N) is 1. The van der Waals surface area contributed by atoms with E-state index in [2.05, 4.69) is 22.3 Å². The number of hydrogen-bond donors (Lipinski definition) is 1. The normalized spacial score (nSPS) is 19.8. The number of nitrogens with zero attached hydrogens (tertiary/aromatic N) is 3. The maximum Gasteiger partial charge on any atom is 0.222 e. The van der Waals surface area contributed by atoms with Crippen LogP contribution in [0.2, 0.25) is 0 Å². The van der Waals surface area contributed by atoms with E-state index in [1.807, 2.05) is 22.9 Å². The van der Waals surface area contributed by atoms with Gasteiger partial charge in [0.1, 0.15) is 18.1 Å². The minimum absolute atomic E-state index is 0.0319. The lowest BCUT2D eigenvalue weighted by Crippen LogP contribution is -2.31. The Hall–Kier alpha value is -2.28. The molecule has 1 N–H and O–H groups in total. The van der Waals surface area contributed by atoms with Crippen molar-refractivity contribution >= 4 is 5.95 Å². The topological polar surface area (TPSA) is 70.4 Å². The molecule has 1 aromatic carbocycles. The third-order valence-corrected chi connectivity index (χ3v) is 3.99. The Balaban J connectivity index is 2.06. The second-order valence-corrected chi connectivity index (χ2v) is 5.63. The Morgan fingerprint density at radius 2 is 2.09 bits per heavy atom. The van der Waals surface area contributed by atoms with Crippen molar-refractivity contribution in [2.24, 2.45) is 0 Å². The van der Waals surface area contributed by atoms with E-state index in [9.17, 15) is 0 Å². The van der Waals surface area contributed by atoms with E-state index in [-0.39, 0.29) is 12.1 Å². The van der Waals surface area contributed by atoms with E-state index in [0.717, 1.165) is 29.4 Å². The number of ether oxygens (including phenoxy) is 3. The van der Waals surface area contributed by atoms with Gasteiger partial charge in [-0.2, -0.15) is 10.1 Å². The zero-order valence-electron chi connectivity index (χ0n) is 13.9. The minimum atomic E-state index is 0.0319. The van der Waals surface area contributed by atoms with Crippen molar-refractivity contribution in [2.45, 2.75) is 32.0 Å². The van der Waals surface area contributed by atoms with Crippen LogP contribution in [-0.2, 0) is 11.3 Å². The summed E-state index contributed by atoms with van der Waals surface area (Å²) in [6, 6.07) is 6.13. The molecule has 0 amide bonds. The van der Waals surface area contributed by atoms with Gasteiger partial charge in [-0.3, -0.25) is 0 Å². The lowest BCUT2D eigenvalue weighted by atomic mass is 9.97. The summed E-state index contributed by atoms with van der Waals surface area (Å²) in [6.45, 7) is 2.52. The summed E-state index contributed by atoms with van der Waals surface area (Å²) in [5.41, 5.74) is 1.04. The zero-order chi connectivity index (χ0) is 16.4. The van der Waals surface area contributed by atoms with Crippen LogP contribution in [-0.4, -0.2) is 42.1 Å². The molecule has 2 heterocycles. The maximum absolute atomic E-state index is 5.54. The Labute approximate surface area is 135 Å². The summed E-state index contributed by atoms with van der Waals surface area (Å²) < 4.78 is 18.0. The van der Waals surface area contributed by atoms with Gasteiger partial charge in [-0.05, 0) is 31.5 Å². The molecule has 0 spiro atoms. The Morgan fingerprint density at radius 1 is 1.26 bits per heavy atom. The molecule has 2 aromatic rings. The van der Waals surface area contributed by atoms with Gasteiger partial charge in [0.2, 0.25) is 5.95 Å². The molecule has 1 aromatic heterocycles. The first-order valence-electron chi connectivity index (χ1n) is 7.59. The first-order chi connectivity index (χ1) is 11.2. The zero-order valence-corrected chi connectivity index (χ0v) is 13.9. The monoisotopic (exact) mass is 318 g/mol. The van der Waals surface area contributed by atoms with Crippen LogP contribution >= 0.6 is 0 Å². The molecule has 1 aliphatic rings. The summed E-state index contributed by atoms with van der Waals surface area (Å²) in [7, 11) is 4.97. The molecule has 3 rings (SSSR count). The highest BCUT2D eigenvalue weighted by Gasteiger charge is 2.30. The van der Waals surface area contributed by atoms with Gasteiger partial charge in [0.15, 0.2) is 5.82 Å². The van der Waals surface area contributed by atoms with Gasteiger partial charge in [-0.1, -0.05) is 0 Å². The predicted molar refractivity (Wildman–Crippen MR) is 86.1 cm³/mol. The van der Waals surface area contributed by atoms with Crippen molar-refractivity contribution < 1.29 is 14.2 Å². The molecule has 0 saturated heterocycles. The van der Waals surface area contributed by atoms with Crippen molar-refractivity contribution in [1.82, 2.24) is 14.8 Å². The highest BCUT2D eigenvalue weighted by Crippen LogP contribution is 2.37. The number of fused-ring (bicyclic) bond motifs is 1. The van der Waals surface area contributed by atoms with Gasteiger partial charge in [0.05, 0.1) is 20.3 Å². The fourth-order valence-corrected chi connectivity index (χ4v) is 2.95. The SMILES string of the molecule is COCc1nc2n(n1)[C@H](c1cc(OC)ccc1OC)C[C@@H](C)N2. The first kappa shape index (κ1) is 15.6. The average Bonchev–Trinajstić information content (AvgIpc) is 2.96. The van der Waals surface area contributed by atoms with Crippen LogP contribution in [0.15, 0.2) is 18.2 Å². The Bertz CT molecular complexity index is 686. The largest absolute Gasteiger partial charge is 0.497 e. The molecule has 0 fully saturated rings. The van der Waals surface area contributed by atoms with E-state index >= 15 is 0 Å². The third-order valence-electron chi connectivity index (χ3n) is 3.99. The van der Waals surface area contributed by atoms with Gasteiger partial charge in [0.25, 0.3) is 0 Å². The molecule has 23 heavy (non-hydrogen) atoms. The maximum atomic E-state index is 5.54. The number of methoxy groups -OCH3 is 3. The first-order valence-corrected chi connectivity index (χ1v) is 7.59. The predicted octanol–water partition coefficient (Wildman–Crippen LogP) is 2.24. The Morgan fingerprint density at radius 3 is 2.78 bits per heavy atom. The van der Waals surface area contributed by atoms with E-state index in [0.29, 0.717) is 12.4 Å². The molecule has 0 saturated carbocycles. The molecular weight excluding hydrogens is 296 g/mol. The minimum Gasteiger partial charge on any atom is -0.497 e. The molecule has 124 valence electrons. The van der Waals surface area contributed by atoms with Gasteiger partial charge in [-0.15, -0.1) is 0 Å². The molecule has 7 nitrogen and oxygen atoms in total. The van der Waals surface area contributed by atoms with E-state index in [1.54, 1.807) is 21.3 Å². The molecule has 7 heteroatoms. The van der Waals surface area contributed by atoms with E-state index < -0.39 is 0 Å². The molecule has 0 unspecified atom stereocenters. The fraction of sp³-hybridized carbons (Fsp3) is 0.500. The van der Waals surface area contributed by atoms with Crippen molar-refractivity contribution in [2.75, 3.05) is 26.6 Å². The molecule has 0 radical (unpaired) electrons. The smallest absolute Gasteiger partial charge is 0.222 e. The van der Waals surface area contributed by atoms with E-state index in [1.165, 1.54) is 0 Å². The number of aromatic nitrogens is 3. The van der Waals surface area contributed by atoms with Crippen LogP contribution in [0.25, 0.3) is 0 Å². The highest BCUT2D eigenvalue weighted by molar-refractivity contribution is 5.45. The van der Waals surface area contributed by atoms with Gasteiger partial charge < -0.3 is 19.5 Å². The van der Waals surface area contributed by atoms with Gasteiger partial charge in [0, 0.05) is 18.7 Å². The van der Waals surface area contributed by atoms with Crippen LogP contribution in [0, 0.1) is 0 Å². The Kier molecular flexibility index (Phi) is 4.38. The molecule has 0 aliphatic carbocycles. The number of anilines is 1. The lowest BCUT2D eigenvalue weighted by Gasteiger charge is -2.30. The van der Waals surface area contributed by atoms with Crippen LogP contribution in [0.5, 0.6) is 11.5 Å². The number of rotatable bonds is 5. The number of hydrogen-bond acceptors (Lipinski definition) is 6. The van der Waals surface area contributed by atoms with Crippen molar-refractivity contribution in [3.05, 3.63) is 29.6 Å². The van der Waals surface area contributed by atoms with Gasteiger partial charge in [-0.25, -0.2) is 4.68 Å². The van der Waals surface area contributed by atoms with Crippen LogP contribution in [0.3, 0.4) is 0 Å². The summed E-state index contributed by atoms with van der Waals surface area (Å²) in [4.78, 5) is 4.51. The summed E-state index contributed by atoms with van der Waals surface area (Å²) in [5.74, 6) is 3.03. The molecular formula is C16H22N4O3.